The van der Waals surface area contributed by atoms with Gasteiger partial charge in [-0.1, -0.05) is 6.07 Å². The minimum absolute atomic E-state index is 0.106. The fraction of sp³-hybridized carbons (Fsp3) is 0.320. The summed E-state index contributed by atoms with van der Waals surface area (Å²) < 4.78 is 15.9. The fourth-order valence-electron chi connectivity index (χ4n) is 3.97. The number of benzene rings is 2. The van der Waals surface area contributed by atoms with Crippen LogP contribution in [0, 0.1) is 0 Å². The van der Waals surface area contributed by atoms with E-state index in [4.69, 9.17) is 19.9 Å². The first-order valence-electron chi connectivity index (χ1n) is 11.0. The van der Waals surface area contributed by atoms with Gasteiger partial charge in [0.15, 0.2) is 0 Å². The predicted molar refractivity (Wildman–Crippen MR) is 131 cm³/mol. The van der Waals surface area contributed by atoms with Crippen LogP contribution in [-0.4, -0.2) is 57.2 Å². The average molecular weight is 465 g/mol. The van der Waals surface area contributed by atoms with Gasteiger partial charge < -0.3 is 24.8 Å². The average Bonchev–Trinajstić information content (AvgIpc) is 2.80. The van der Waals surface area contributed by atoms with Gasteiger partial charge in [-0.3, -0.25) is 14.7 Å². The van der Waals surface area contributed by atoms with Crippen LogP contribution in [0.15, 0.2) is 53.7 Å². The molecular formula is C25H28N4O5. The first-order chi connectivity index (χ1) is 16.4. The maximum absolute atomic E-state index is 13.2. The minimum atomic E-state index is -0.544. The number of nitrogens with zero attached hydrogens (tertiary/aromatic N) is 3. The van der Waals surface area contributed by atoms with E-state index in [-0.39, 0.29) is 24.5 Å². The predicted octanol–water partition coefficient (Wildman–Crippen LogP) is 3.22. The molecule has 9 heteroatoms. The number of rotatable bonds is 5. The molecule has 0 spiro atoms. The summed E-state index contributed by atoms with van der Waals surface area (Å²) in [5, 5.41) is 0. The number of anilines is 2. The van der Waals surface area contributed by atoms with Gasteiger partial charge in [-0.25, -0.2) is 4.79 Å². The molecule has 0 radical (unpaired) electrons. The Morgan fingerprint density at radius 3 is 2.41 bits per heavy atom. The highest BCUT2D eigenvalue weighted by Gasteiger charge is 2.35. The minimum Gasteiger partial charge on any atom is -0.497 e. The third-order valence-corrected chi connectivity index (χ3v) is 5.80. The van der Waals surface area contributed by atoms with Gasteiger partial charge in [-0.2, -0.15) is 0 Å². The van der Waals surface area contributed by atoms with Crippen LogP contribution in [0.2, 0.25) is 0 Å². The van der Waals surface area contributed by atoms with Crippen molar-refractivity contribution in [1.82, 2.24) is 0 Å². The van der Waals surface area contributed by atoms with Crippen LogP contribution in [0.3, 0.4) is 0 Å². The Balaban J connectivity index is 1.67. The molecule has 34 heavy (non-hydrogen) atoms. The van der Waals surface area contributed by atoms with E-state index in [1.807, 2.05) is 25.1 Å². The summed E-state index contributed by atoms with van der Waals surface area (Å²) in [5.74, 6) is 0.947. The van der Waals surface area contributed by atoms with Crippen molar-refractivity contribution in [3.8, 4) is 11.5 Å². The van der Waals surface area contributed by atoms with E-state index >= 15 is 0 Å². The quantitative estimate of drug-likeness (QED) is 0.681. The summed E-state index contributed by atoms with van der Waals surface area (Å²) in [6.45, 7) is 4.87. The van der Waals surface area contributed by atoms with Crippen LogP contribution in [-0.2, 0) is 9.53 Å². The number of carbonyl (C=O) groups excluding carboxylic acids is 2. The number of methoxy groups -OCH3 is 1. The van der Waals surface area contributed by atoms with Gasteiger partial charge in [-0.05, 0) is 48.9 Å². The number of amides is 2. The molecule has 2 aromatic rings. The van der Waals surface area contributed by atoms with Gasteiger partial charge >= 0.3 is 6.09 Å². The molecular weight excluding hydrogens is 436 g/mol. The Bertz CT molecular complexity index is 1120. The second kappa shape index (κ2) is 9.96. The first-order valence-corrected chi connectivity index (χ1v) is 11.0. The van der Waals surface area contributed by atoms with E-state index in [2.05, 4.69) is 4.99 Å². The number of fused-ring (bicyclic) bond motifs is 1. The van der Waals surface area contributed by atoms with Gasteiger partial charge in [-0.15, -0.1) is 0 Å². The fourth-order valence-corrected chi connectivity index (χ4v) is 3.97. The Morgan fingerprint density at radius 2 is 1.82 bits per heavy atom. The summed E-state index contributed by atoms with van der Waals surface area (Å²) in [7, 11) is 1.57. The molecule has 2 amide bonds. The molecule has 0 saturated carbocycles. The molecule has 178 valence electrons. The number of hydrogen-bond donors (Lipinski definition) is 1. The van der Waals surface area contributed by atoms with E-state index in [0.29, 0.717) is 41.7 Å². The summed E-state index contributed by atoms with van der Waals surface area (Å²) >= 11 is 0. The smallest absolute Gasteiger partial charge is 0.419 e. The molecule has 2 aromatic carbocycles. The lowest BCUT2D eigenvalue weighted by Crippen LogP contribution is -2.52. The molecule has 2 heterocycles. The highest BCUT2D eigenvalue weighted by Crippen LogP contribution is 2.38. The lowest BCUT2D eigenvalue weighted by molar-refractivity contribution is -0.117. The summed E-state index contributed by atoms with van der Waals surface area (Å²) in [4.78, 5) is 33.3. The molecule has 4 rings (SSSR count). The number of allylic oxidation sites excluding steroid dienone is 1. The van der Waals surface area contributed by atoms with Crippen molar-refractivity contribution in [2.45, 2.75) is 25.9 Å². The van der Waals surface area contributed by atoms with Crippen LogP contribution in [0.5, 0.6) is 11.5 Å². The van der Waals surface area contributed by atoms with Gasteiger partial charge in [0.1, 0.15) is 11.5 Å². The number of hydrogen-bond acceptors (Lipinski definition) is 7. The number of nitrogens with two attached hydrogens (primary N) is 1. The Labute approximate surface area is 198 Å². The maximum atomic E-state index is 13.2. The zero-order valence-electron chi connectivity index (χ0n) is 19.4. The van der Waals surface area contributed by atoms with Gasteiger partial charge in [0, 0.05) is 31.5 Å². The van der Waals surface area contributed by atoms with E-state index in [0.717, 1.165) is 5.56 Å². The Morgan fingerprint density at radius 1 is 1.12 bits per heavy atom. The third kappa shape index (κ3) is 4.74. The van der Waals surface area contributed by atoms with E-state index < -0.39 is 6.09 Å². The molecule has 2 aliphatic heterocycles. The van der Waals surface area contributed by atoms with Crippen molar-refractivity contribution in [1.29, 1.82) is 0 Å². The molecule has 0 unspecified atom stereocenters. The topological polar surface area (TPSA) is 107 Å². The third-order valence-electron chi connectivity index (χ3n) is 5.80. The molecule has 1 atom stereocenters. The second-order valence-corrected chi connectivity index (χ2v) is 8.19. The van der Waals surface area contributed by atoms with Gasteiger partial charge in [0.2, 0.25) is 5.91 Å². The number of aliphatic imine (C=N–C) groups is 1. The van der Waals surface area contributed by atoms with Crippen molar-refractivity contribution < 1.29 is 23.8 Å². The molecule has 1 fully saturated rings. The molecule has 2 aliphatic rings. The zero-order chi connectivity index (χ0) is 24.2. The van der Waals surface area contributed by atoms with E-state index in [1.165, 1.54) is 18.0 Å². The molecule has 1 saturated heterocycles. The van der Waals surface area contributed by atoms with Crippen LogP contribution < -0.4 is 25.0 Å². The molecule has 0 aliphatic carbocycles. The highest BCUT2D eigenvalue weighted by molar-refractivity contribution is 6.11. The maximum Gasteiger partial charge on any atom is 0.419 e. The Hall–Kier alpha value is -3.85. The summed E-state index contributed by atoms with van der Waals surface area (Å²) in [6, 6.07) is 12.2. The van der Waals surface area contributed by atoms with E-state index in [1.54, 1.807) is 42.5 Å². The van der Waals surface area contributed by atoms with Crippen LogP contribution in [0.1, 0.15) is 19.4 Å². The first kappa shape index (κ1) is 23.3. The molecule has 0 bridgehead atoms. The van der Waals surface area contributed by atoms with E-state index in [9.17, 15) is 9.59 Å². The van der Waals surface area contributed by atoms with Crippen LogP contribution in [0.25, 0.3) is 5.57 Å². The monoisotopic (exact) mass is 464 g/mol. The van der Waals surface area contributed by atoms with Gasteiger partial charge in [0.05, 0.1) is 43.8 Å². The zero-order valence-corrected chi connectivity index (χ0v) is 19.4. The molecule has 2 N–H and O–H groups in total. The SMILES string of the molecule is COc1ccc(OC(=O)N2C[C@H](C)N(C(C)=O)c3ccc(C(C=NC4COC4)=CN)cc32)cc1. The van der Waals surface area contributed by atoms with Crippen molar-refractivity contribution in [3.63, 3.8) is 0 Å². The normalized spacial score (nSPS) is 18.4. The van der Waals surface area contributed by atoms with Crippen molar-refractivity contribution in [3.05, 3.63) is 54.2 Å². The van der Waals surface area contributed by atoms with Crippen LogP contribution >= 0.6 is 0 Å². The molecule has 9 nitrogen and oxygen atoms in total. The molecule has 0 aromatic heterocycles. The van der Waals surface area contributed by atoms with Crippen LogP contribution in [0.4, 0.5) is 16.2 Å². The standard InChI is InChI=1S/C25H28N4O5/c1-16-13-28(25(31)34-22-7-5-21(32-3)6-8-22)24-10-18(4-9-23(24)29(16)17(2)30)19(11-26)12-27-20-14-33-15-20/h4-12,16,20H,13-15,26H2,1-3H3/t16-/m0/s1. The van der Waals surface area contributed by atoms with Crippen molar-refractivity contribution in [2.75, 3.05) is 36.7 Å². The lowest BCUT2D eigenvalue weighted by atomic mass is 10.0. The lowest BCUT2D eigenvalue weighted by Gasteiger charge is -2.40. The summed E-state index contributed by atoms with van der Waals surface area (Å²) in [5.41, 5.74) is 8.54. The van der Waals surface area contributed by atoms with Crippen molar-refractivity contribution >= 4 is 35.2 Å². The second-order valence-electron chi connectivity index (χ2n) is 8.19. The summed E-state index contributed by atoms with van der Waals surface area (Å²) in [6.07, 6.45) is 2.64. The largest absolute Gasteiger partial charge is 0.497 e. The highest BCUT2D eigenvalue weighted by atomic mass is 16.6. The Kier molecular flexibility index (Phi) is 6.83. The number of carbonyl (C=O) groups is 2. The number of ether oxygens (including phenoxy) is 3. The van der Waals surface area contributed by atoms with Crippen molar-refractivity contribution in [2.24, 2.45) is 10.7 Å². The van der Waals surface area contributed by atoms with Gasteiger partial charge in [0.25, 0.3) is 0 Å².